The Hall–Kier alpha value is -3.54. The standard InChI is InChI=1S/C19H14N4O2/c24-23(25)15-7-5-6-14(12-15)13-22-18-10-2-1-8-16(18)21-19(22)17-9-3-4-11-20-17/h1-12H,13H2. The summed E-state index contributed by atoms with van der Waals surface area (Å²) in [6.07, 6.45) is 1.73. The van der Waals surface area contributed by atoms with Crippen molar-refractivity contribution in [2.75, 3.05) is 0 Å². The van der Waals surface area contributed by atoms with Crippen LogP contribution in [-0.2, 0) is 6.54 Å². The fourth-order valence-corrected chi connectivity index (χ4v) is 2.88. The summed E-state index contributed by atoms with van der Waals surface area (Å²) in [5.41, 5.74) is 3.53. The fourth-order valence-electron chi connectivity index (χ4n) is 2.88. The molecule has 0 atom stereocenters. The molecule has 0 fully saturated rings. The van der Waals surface area contributed by atoms with Crippen molar-refractivity contribution in [1.82, 2.24) is 14.5 Å². The molecule has 0 aliphatic heterocycles. The van der Waals surface area contributed by atoms with Crippen molar-refractivity contribution in [3.63, 3.8) is 0 Å². The molecule has 0 saturated carbocycles. The van der Waals surface area contributed by atoms with E-state index in [2.05, 4.69) is 4.98 Å². The van der Waals surface area contributed by atoms with Crippen LogP contribution in [0.5, 0.6) is 0 Å². The van der Waals surface area contributed by atoms with E-state index in [9.17, 15) is 10.1 Å². The number of benzene rings is 2. The number of hydrogen-bond donors (Lipinski definition) is 0. The first-order chi connectivity index (χ1) is 12.2. The summed E-state index contributed by atoms with van der Waals surface area (Å²) >= 11 is 0. The van der Waals surface area contributed by atoms with Gasteiger partial charge >= 0.3 is 0 Å². The first-order valence-corrected chi connectivity index (χ1v) is 7.82. The van der Waals surface area contributed by atoms with Crippen molar-refractivity contribution in [2.45, 2.75) is 6.54 Å². The van der Waals surface area contributed by atoms with E-state index in [0.29, 0.717) is 6.54 Å². The van der Waals surface area contributed by atoms with Crippen molar-refractivity contribution >= 4 is 16.7 Å². The van der Waals surface area contributed by atoms with Gasteiger partial charge in [0.15, 0.2) is 5.82 Å². The third-order valence-corrected chi connectivity index (χ3v) is 4.01. The number of hydrogen-bond acceptors (Lipinski definition) is 4. The molecule has 2 aromatic carbocycles. The lowest BCUT2D eigenvalue weighted by atomic mass is 10.2. The van der Waals surface area contributed by atoms with E-state index in [1.165, 1.54) is 6.07 Å². The third-order valence-electron chi connectivity index (χ3n) is 4.01. The lowest BCUT2D eigenvalue weighted by Crippen LogP contribution is -2.03. The first kappa shape index (κ1) is 15.0. The van der Waals surface area contributed by atoms with Gasteiger partial charge in [0.2, 0.25) is 0 Å². The van der Waals surface area contributed by atoms with Gasteiger partial charge < -0.3 is 4.57 Å². The highest BCUT2D eigenvalue weighted by atomic mass is 16.6. The Morgan fingerprint density at radius 2 is 1.84 bits per heavy atom. The molecule has 0 unspecified atom stereocenters. The number of fused-ring (bicyclic) bond motifs is 1. The van der Waals surface area contributed by atoms with Crippen molar-refractivity contribution < 1.29 is 4.92 Å². The van der Waals surface area contributed by atoms with Crippen LogP contribution in [0.3, 0.4) is 0 Å². The summed E-state index contributed by atoms with van der Waals surface area (Å²) < 4.78 is 2.04. The normalized spacial score (nSPS) is 10.9. The van der Waals surface area contributed by atoms with Gasteiger partial charge in [-0.15, -0.1) is 0 Å². The lowest BCUT2D eigenvalue weighted by molar-refractivity contribution is -0.384. The van der Waals surface area contributed by atoms with Gasteiger partial charge in [-0.05, 0) is 29.8 Å². The average molecular weight is 330 g/mol. The van der Waals surface area contributed by atoms with Gasteiger partial charge in [0.25, 0.3) is 5.69 Å². The summed E-state index contributed by atoms with van der Waals surface area (Å²) in [5, 5.41) is 11.0. The minimum Gasteiger partial charge on any atom is -0.318 e. The maximum absolute atomic E-state index is 11.0. The third kappa shape index (κ3) is 2.85. The zero-order chi connectivity index (χ0) is 17.2. The Morgan fingerprint density at radius 1 is 1.00 bits per heavy atom. The molecule has 2 heterocycles. The molecule has 4 rings (SSSR count). The summed E-state index contributed by atoms with van der Waals surface area (Å²) in [4.78, 5) is 19.8. The molecule has 0 saturated heterocycles. The molecule has 122 valence electrons. The summed E-state index contributed by atoms with van der Waals surface area (Å²) in [6, 6.07) is 20.2. The predicted octanol–water partition coefficient (Wildman–Crippen LogP) is 4.05. The van der Waals surface area contributed by atoms with Gasteiger partial charge in [-0.1, -0.05) is 30.3 Å². The molecule has 4 aromatic rings. The second kappa shape index (κ2) is 6.16. The molecular formula is C19H14N4O2. The van der Waals surface area contributed by atoms with Crippen LogP contribution in [0.2, 0.25) is 0 Å². The predicted molar refractivity (Wildman–Crippen MR) is 95.2 cm³/mol. The molecule has 2 aromatic heterocycles. The van der Waals surface area contributed by atoms with Crippen LogP contribution >= 0.6 is 0 Å². The van der Waals surface area contributed by atoms with E-state index in [-0.39, 0.29) is 10.6 Å². The van der Waals surface area contributed by atoms with Crippen LogP contribution in [0, 0.1) is 10.1 Å². The Balaban J connectivity index is 1.86. The Morgan fingerprint density at radius 3 is 2.64 bits per heavy atom. The Kier molecular flexibility index (Phi) is 3.70. The maximum atomic E-state index is 11.0. The molecular weight excluding hydrogens is 316 g/mol. The number of nitro groups is 1. The first-order valence-electron chi connectivity index (χ1n) is 7.82. The second-order valence-electron chi connectivity index (χ2n) is 5.65. The molecule has 0 radical (unpaired) electrons. The van der Waals surface area contributed by atoms with Crippen LogP contribution in [0.1, 0.15) is 5.56 Å². The number of non-ortho nitro benzene ring substituents is 1. The minimum absolute atomic E-state index is 0.0845. The SMILES string of the molecule is O=[N+]([O-])c1cccc(Cn2c(-c3ccccn3)nc3ccccc32)c1. The van der Waals surface area contributed by atoms with Gasteiger partial charge in [0.05, 0.1) is 16.0 Å². The Bertz CT molecular complexity index is 1060. The lowest BCUT2D eigenvalue weighted by Gasteiger charge is -2.09. The molecule has 0 N–H and O–H groups in total. The zero-order valence-electron chi connectivity index (χ0n) is 13.2. The smallest absolute Gasteiger partial charge is 0.269 e. The molecule has 0 spiro atoms. The Labute approximate surface area is 143 Å². The van der Waals surface area contributed by atoms with E-state index >= 15 is 0 Å². The van der Waals surface area contributed by atoms with Gasteiger partial charge in [-0.25, -0.2) is 4.98 Å². The molecule has 0 aliphatic rings. The zero-order valence-corrected chi connectivity index (χ0v) is 13.2. The molecule has 6 nitrogen and oxygen atoms in total. The highest BCUT2D eigenvalue weighted by molar-refractivity contribution is 5.80. The van der Waals surface area contributed by atoms with E-state index in [1.807, 2.05) is 53.1 Å². The quantitative estimate of drug-likeness (QED) is 0.418. The van der Waals surface area contributed by atoms with E-state index in [4.69, 9.17) is 4.98 Å². The number of imidazole rings is 1. The topological polar surface area (TPSA) is 73.8 Å². The number of nitrogens with zero attached hydrogens (tertiary/aromatic N) is 4. The van der Waals surface area contributed by atoms with Crippen molar-refractivity contribution in [2.24, 2.45) is 0 Å². The van der Waals surface area contributed by atoms with Crippen LogP contribution in [-0.4, -0.2) is 19.5 Å². The molecule has 0 aliphatic carbocycles. The van der Waals surface area contributed by atoms with Gasteiger partial charge in [0, 0.05) is 24.9 Å². The highest BCUT2D eigenvalue weighted by Crippen LogP contribution is 2.25. The molecule has 0 amide bonds. The molecule has 0 bridgehead atoms. The number of rotatable bonds is 4. The average Bonchev–Trinajstić information content (AvgIpc) is 3.01. The largest absolute Gasteiger partial charge is 0.318 e. The summed E-state index contributed by atoms with van der Waals surface area (Å²) in [5.74, 6) is 0.744. The van der Waals surface area contributed by atoms with Crippen LogP contribution in [0.15, 0.2) is 72.9 Å². The number of para-hydroxylation sites is 2. The molecule has 25 heavy (non-hydrogen) atoms. The minimum atomic E-state index is -0.380. The summed E-state index contributed by atoms with van der Waals surface area (Å²) in [7, 11) is 0. The number of pyridine rings is 1. The molecule has 6 heteroatoms. The van der Waals surface area contributed by atoms with E-state index in [1.54, 1.807) is 18.3 Å². The number of aromatic nitrogens is 3. The van der Waals surface area contributed by atoms with Crippen molar-refractivity contribution in [3.8, 4) is 11.5 Å². The van der Waals surface area contributed by atoms with Gasteiger partial charge in [0.1, 0.15) is 5.69 Å². The van der Waals surface area contributed by atoms with Crippen LogP contribution in [0.4, 0.5) is 5.69 Å². The van der Waals surface area contributed by atoms with Crippen LogP contribution in [0.25, 0.3) is 22.6 Å². The highest BCUT2D eigenvalue weighted by Gasteiger charge is 2.14. The van der Waals surface area contributed by atoms with E-state index in [0.717, 1.165) is 28.1 Å². The number of nitro benzene ring substituents is 1. The fraction of sp³-hybridized carbons (Fsp3) is 0.0526. The van der Waals surface area contributed by atoms with Crippen molar-refractivity contribution in [3.05, 3.63) is 88.6 Å². The van der Waals surface area contributed by atoms with E-state index < -0.39 is 0 Å². The summed E-state index contributed by atoms with van der Waals surface area (Å²) in [6.45, 7) is 0.480. The monoisotopic (exact) mass is 330 g/mol. The van der Waals surface area contributed by atoms with Gasteiger partial charge in [-0.3, -0.25) is 15.1 Å². The van der Waals surface area contributed by atoms with Gasteiger partial charge in [-0.2, -0.15) is 0 Å². The maximum Gasteiger partial charge on any atom is 0.269 e. The van der Waals surface area contributed by atoms with Crippen molar-refractivity contribution in [1.29, 1.82) is 0 Å². The van der Waals surface area contributed by atoms with Crippen LogP contribution < -0.4 is 0 Å². The second-order valence-corrected chi connectivity index (χ2v) is 5.65.